The van der Waals surface area contributed by atoms with Gasteiger partial charge in [0.15, 0.2) is 6.10 Å². The summed E-state index contributed by atoms with van der Waals surface area (Å²) < 4.78 is 7.34. The van der Waals surface area contributed by atoms with Gasteiger partial charge in [-0.05, 0) is 36.8 Å². The molecule has 28 heavy (non-hydrogen) atoms. The van der Waals surface area contributed by atoms with Gasteiger partial charge in [-0.15, -0.1) is 0 Å². The van der Waals surface area contributed by atoms with Crippen molar-refractivity contribution in [2.75, 3.05) is 0 Å². The van der Waals surface area contributed by atoms with E-state index in [9.17, 15) is 4.79 Å². The molecular weight excluding hydrogens is 354 g/mol. The Balaban J connectivity index is 1.49. The number of rotatable bonds is 7. The summed E-state index contributed by atoms with van der Waals surface area (Å²) >= 11 is 0. The predicted octanol–water partition coefficient (Wildman–Crippen LogP) is 2.72. The fraction of sp³-hybridized carbons (Fsp3) is 0.143. The minimum absolute atomic E-state index is 0.378. The molecule has 1 N–H and O–H groups in total. The lowest BCUT2D eigenvalue weighted by molar-refractivity contribution is -0.127. The van der Waals surface area contributed by atoms with Crippen LogP contribution in [0.25, 0.3) is 0 Å². The third kappa shape index (κ3) is 5.29. The van der Waals surface area contributed by atoms with Gasteiger partial charge in [0.05, 0.1) is 30.6 Å². The van der Waals surface area contributed by atoms with Crippen molar-refractivity contribution in [2.45, 2.75) is 19.6 Å². The SMILES string of the molecule is C[C@H](Oc1ccc(C#N)cc1)C(=O)N/N=C\c1cnn(Cc2ccccc2)c1. The molecule has 3 rings (SSSR count). The summed E-state index contributed by atoms with van der Waals surface area (Å²) in [6.07, 6.45) is 4.32. The molecule has 1 atom stereocenters. The third-order valence-corrected chi connectivity index (χ3v) is 3.89. The molecule has 1 aromatic heterocycles. The quantitative estimate of drug-likeness (QED) is 0.509. The predicted molar refractivity (Wildman–Crippen MR) is 105 cm³/mol. The molecule has 0 unspecified atom stereocenters. The minimum Gasteiger partial charge on any atom is -0.481 e. The molecule has 0 aliphatic carbocycles. The Labute approximate surface area is 162 Å². The number of nitrogens with one attached hydrogen (secondary N) is 1. The molecule has 7 nitrogen and oxygen atoms in total. The first-order valence-electron chi connectivity index (χ1n) is 8.70. The molecule has 1 heterocycles. The van der Waals surface area contributed by atoms with E-state index < -0.39 is 6.10 Å². The molecule has 0 spiro atoms. The Morgan fingerprint density at radius 1 is 1.29 bits per heavy atom. The maximum absolute atomic E-state index is 12.1. The molecule has 140 valence electrons. The number of nitriles is 1. The van der Waals surface area contributed by atoms with Crippen molar-refractivity contribution in [3.8, 4) is 11.8 Å². The molecule has 1 amide bonds. The smallest absolute Gasteiger partial charge is 0.280 e. The normalized spacial score (nSPS) is 11.7. The zero-order chi connectivity index (χ0) is 19.8. The number of carbonyl (C=O) groups excluding carboxylic acids is 1. The van der Waals surface area contributed by atoms with Crippen LogP contribution in [-0.4, -0.2) is 28.0 Å². The first kappa shape index (κ1) is 18.9. The molecular formula is C21H19N5O2. The molecule has 2 aromatic carbocycles. The third-order valence-electron chi connectivity index (χ3n) is 3.89. The van der Waals surface area contributed by atoms with Crippen LogP contribution < -0.4 is 10.2 Å². The van der Waals surface area contributed by atoms with Gasteiger partial charge in [0.25, 0.3) is 5.91 Å². The fourth-order valence-corrected chi connectivity index (χ4v) is 2.43. The van der Waals surface area contributed by atoms with Crippen LogP contribution in [0.5, 0.6) is 5.75 Å². The van der Waals surface area contributed by atoms with Gasteiger partial charge in [-0.2, -0.15) is 15.5 Å². The van der Waals surface area contributed by atoms with Crippen molar-refractivity contribution in [1.82, 2.24) is 15.2 Å². The molecule has 0 bridgehead atoms. The summed E-state index contributed by atoms with van der Waals surface area (Å²) in [5.41, 5.74) is 4.90. The van der Waals surface area contributed by atoms with E-state index >= 15 is 0 Å². The number of hydrogen-bond donors (Lipinski definition) is 1. The molecule has 0 saturated heterocycles. The molecule has 0 radical (unpaired) electrons. The zero-order valence-electron chi connectivity index (χ0n) is 15.3. The first-order chi connectivity index (χ1) is 13.6. The highest BCUT2D eigenvalue weighted by molar-refractivity contribution is 5.84. The number of hydrogen-bond acceptors (Lipinski definition) is 5. The summed E-state index contributed by atoms with van der Waals surface area (Å²) in [5.74, 6) is 0.130. The van der Waals surface area contributed by atoms with Crippen LogP contribution in [0.1, 0.15) is 23.6 Å². The second kappa shape index (κ2) is 9.14. The molecule has 3 aromatic rings. The molecule has 0 aliphatic rings. The Morgan fingerprint density at radius 2 is 2.04 bits per heavy atom. The molecule has 0 aliphatic heterocycles. The fourth-order valence-electron chi connectivity index (χ4n) is 2.43. The maximum Gasteiger partial charge on any atom is 0.280 e. The average Bonchev–Trinajstić information content (AvgIpc) is 3.16. The first-order valence-corrected chi connectivity index (χ1v) is 8.70. The summed E-state index contributed by atoms with van der Waals surface area (Å²) in [6.45, 7) is 2.29. The van der Waals surface area contributed by atoms with Crippen molar-refractivity contribution >= 4 is 12.1 Å². The molecule has 7 heteroatoms. The molecule has 0 saturated carbocycles. The van der Waals surface area contributed by atoms with Gasteiger partial charge in [-0.25, -0.2) is 5.43 Å². The lowest BCUT2D eigenvalue weighted by Crippen LogP contribution is -2.33. The van der Waals surface area contributed by atoms with Crippen LogP contribution in [0, 0.1) is 11.3 Å². The minimum atomic E-state index is -0.731. The van der Waals surface area contributed by atoms with Crippen LogP contribution in [0.15, 0.2) is 72.1 Å². The maximum atomic E-state index is 12.1. The Morgan fingerprint density at radius 3 is 2.75 bits per heavy atom. The van der Waals surface area contributed by atoms with Crippen molar-refractivity contribution < 1.29 is 9.53 Å². The van der Waals surface area contributed by atoms with Crippen molar-refractivity contribution in [3.05, 3.63) is 83.7 Å². The van der Waals surface area contributed by atoms with Crippen LogP contribution in [0.3, 0.4) is 0 Å². The number of hydrazone groups is 1. The second-order valence-electron chi connectivity index (χ2n) is 6.09. The zero-order valence-corrected chi connectivity index (χ0v) is 15.3. The summed E-state index contributed by atoms with van der Waals surface area (Å²) in [7, 11) is 0. The number of ether oxygens (including phenoxy) is 1. The van der Waals surface area contributed by atoms with E-state index in [0.29, 0.717) is 17.9 Å². The van der Waals surface area contributed by atoms with Gasteiger partial charge in [-0.3, -0.25) is 9.48 Å². The number of carbonyl (C=O) groups is 1. The van der Waals surface area contributed by atoms with Crippen LogP contribution in [0.2, 0.25) is 0 Å². The Bertz CT molecular complexity index is 988. The average molecular weight is 373 g/mol. The topological polar surface area (TPSA) is 92.3 Å². The number of nitrogens with zero attached hydrogens (tertiary/aromatic N) is 4. The van der Waals surface area contributed by atoms with E-state index in [1.165, 1.54) is 6.21 Å². The van der Waals surface area contributed by atoms with Gasteiger partial charge in [0.2, 0.25) is 0 Å². The Kier molecular flexibility index (Phi) is 6.16. The van der Waals surface area contributed by atoms with Gasteiger partial charge in [-0.1, -0.05) is 30.3 Å². The van der Waals surface area contributed by atoms with Gasteiger partial charge in [0.1, 0.15) is 5.75 Å². The van der Waals surface area contributed by atoms with Gasteiger partial charge < -0.3 is 4.74 Å². The van der Waals surface area contributed by atoms with Gasteiger partial charge >= 0.3 is 0 Å². The van der Waals surface area contributed by atoms with E-state index in [1.807, 2.05) is 42.6 Å². The van der Waals surface area contributed by atoms with E-state index in [1.54, 1.807) is 42.1 Å². The lowest BCUT2D eigenvalue weighted by atomic mass is 10.2. The van der Waals surface area contributed by atoms with Crippen LogP contribution in [0.4, 0.5) is 0 Å². The van der Waals surface area contributed by atoms with E-state index in [-0.39, 0.29) is 5.91 Å². The highest BCUT2D eigenvalue weighted by atomic mass is 16.5. The van der Waals surface area contributed by atoms with Gasteiger partial charge in [0, 0.05) is 11.8 Å². The second-order valence-corrected chi connectivity index (χ2v) is 6.09. The monoisotopic (exact) mass is 373 g/mol. The van der Waals surface area contributed by atoms with Crippen molar-refractivity contribution in [3.63, 3.8) is 0 Å². The van der Waals surface area contributed by atoms with Crippen molar-refractivity contribution in [1.29, 1.82) is 5.26 Å². The molecule has 0 fully saturated rings. The Hall–Kier alpha value is -3.92. The largest absolute Gasteiger partial charge is 0.481 e. The van der Waals surface area contributed by atoms with E-state index in [0.717, 1.165) is 11.1 Å². The van der Waals surface area contributed by atoms with Crippen molar-refractivity contribution in [2.24, 2.45) is 5.10 Å². The lowest BCUT2D eigenvalue weighted by Gasteiger charge is -2.12. The van der Waals surface area contributed by atoms with E-state index in [4.69, 9.17) is 10.00 Å². The number of amides is 1. The highest BCUT2D eigenvalue weighted by Gasteiger charge is 2.13. The number of aromatic nitrogens is 2. The summed E-state index contributed by atoms with van der Waals surface area (Å²) in [4.78, 5) is 12.1. The highest BCUT2D eigenvalue weighted by Crippen LogP contribution is 2.13. The summed E-state index contributed by atoms with van der Waals surface area (Å²) in [5, 5.41) is 17.0. The standard InChI is InChI=1S/C21H19N5O2/c1-16(28-20-9-7-17(11-22)8-10-20)21(27)25-23-12-19-13-24-26(15-19)14-18-5-3-2-4-6-18/h2-10,12-13,15-16H,14H2,1H3,(H,25,27)/b23-12-/t16-/m0/s1. The summed E-state index contributed by atoms with van der Waals surface area (Å²) in [6, 6.07) is 18.6. The van der Waals surface area contributed by atoms with Crippen LogP contribution in [-0.2, 0) is 11.3 Å². The van der Waals surface area contributed by atoms with E-state index in [2.05, 4.69) is 15.6 Å². The number of benzene rings is 2. The van der Waals surface area contributed by atoms with Crippen LogP contribution >= 0.6 is 0 Å².